The van der Waals surface area contributed by atoms with Gasteiger partial charge in [0.25, 0.3) is 5.91 Å². The number of benzene rings is 2. The topological polar surface area (TPSA) is 94.5 Å². The van der Waals surface area contributed by atoms with Crippen LogP contribution in [-0.2, 0) is 17.8 Å². The highest BCUT2D eigenvalue weighted by atomic mass is 16.5. The second-order valence-electron chi connectivity index (χ2n) is 8.03. The molecule has 2 aromatic carbocycles. The lowest BCUT2D eigenvalue weighted by Gasteiger charge is -2.12. The van der Waals surface area contributed by atoms with E-state index in [1.807, 2.05) is 38.1 Å². The van der Waals surface area contributed by atoms with E-state index in [9.17, 15) is 9.59 Å². The van der Waals surface area contributed by atoms with E-state index in [-0.39, 0.29) is 18.4 Å². The number of fused-ring (bicyclic) bond motifs is 1. The van der Waals surface area contributed by atoms with Gasteiger partial charge in [-0.15, -0.1) is 0 Å². The summed E-state index contributed by atoms with van der Waals surface area (Å²) >= 11 is 0. The molecule has 0 aliphatic carbocycles. The number of nitrogens with one attached hydrogen (secondary N) is 2. The zero-order valence-corrected chi connectivity index (χ0v) is 19.6. The number of imidazole rings is 1. The van der Waals surface area contributed by atoms with E-state index in [2.05, 4.69) is 21.4 Å². The molecule has 0 spiro atoms. The van der Waals surface area contributed by atoms with Crippen LogP contribution in [-0.4, -0.2) is 41.1 Å². The van der Waals surface area contributed by atoms with Gasteiger partial charge in [0.15, 0.2) is 11.5 Å². The van der Waals surface area contributed by atoms with Crippen molar-refractivity contribution in [3.8, 4) is 22.8 Å². The van der Waals surface area contributed by atoms with E-state index in [4.69, 9.17) is 14.5 Å². The molecule has 2 heterocycles. The SMILES string of the molecule is CCOc1ccc(C(=O)NCC(=O)Nc2ccc(-c3cn4c(n3)CCCC4)cc2)cc1OCC. The van der Waals surface area contributed by atoms with Crippen LogP contribution in [0.5, 0.6) is 11.5 Å². The molecular weight excluding hydrogens is 432 g/mol. The van der Waals surface area contributed by atoms with Crippen LogP contribution in [0.1, 0.15) is 42.9 Å². The van der Waals surface area contributed by atoms with Crippen molar-refractivity contribution in [1.29, 1.82) is 0 Å². The number of aryl methyl sites for hydroxylation is 2. The van der Waals surface area contributed by atoms with E-state index < -0.39 is 0 Å². The van der Waals surface area contributed by atoms with Gasteiger partial charge in [-0.25, -0.2) is 4.98 Å². The summed E-state index contributed by atoms with van der Waals surface area (Å²) in [7, 11) is 0. The van der Waals surface area contributed by atoms with Crippen molar-refractivity contribution >= 4 is 17.5 Å². The van der Waals surface area contributed by atoms with E-state index in [0.29, 0.717) is 36.0 Å². The lowest BCUT2D eigenvalue weighted by Crippen LogP contribution is -2.32. The molecule has 4 rings (SSSR count). The Balaban J connectivity index is 1.32. The predicted octanol–water partition coefficient (Wildman–Crippen LogP) is 4.05. The van der Waals surface area contributed by atoms with E-state index >= 15 is 0 Å². The number of aromatic nitrogens is 2. The summed E-state index contributed by atoms with van der Waals surface area (Å²) in [5, 5.41) is 5.45. The lowest BCUT2D eigenvalue weighted by molar-refractivity contribution is -0.115. The van der Waals surface area contributed by atoms with Crippen LogP contribution in [0.4, 0.5) is 5.69 Å². The average Bonchev–Trinajstić information content (AvgIpc) is 3.29. The molecule has 1 aliphatic heterocycles. The molecule has 2 amide bonds. The van der Waals surface area contributed by atoms with Crippen molar-refractivity contribution < 1.29 is 19.1 Å². The fraction of sp³-hybridized carbons (Fsp3) is 0.346. The fourth-order valence-corrected chi connectivity index (χ4v) is 3.94. The summed E-state index contributed by atoms with van der Waals surface area (Å²) < 4.78 is 13.3. The summed E-state index contributed by atoms with van der Waals surface area (Å²) in [5.41, 5.74) is 3.01. The second-order valence-corrected chi connectivity index (χ2v) is 8.03. The van der Waals surface area contributed by atoms with Crippen LogP contribution < -0.4 is 20.1 Å². The number of nitrogens with zero attached hydrogens (tertiary/aromatic N) is 2. The molecule has 3 aromatic rings. The maximum Gasteiger partial charge on any atom is 0.251 e. The summed E-state index contributed by atoms with van der Waals surface area (Å²) in [6, 6.07) is 12.5. The largest absolute Gasteiger partial charge is 0.490 e. The average molecular weight is 463 g/mol. The number of hydrogen-bond donors (Lipinski definition) is 2. The molecule has 0 fully saturated rings. The summed E-state index contributed by atoms with van der Waals surface area (Å²) in [6.07, 6.45) is 5.49. The van der Waals surface area contributed by atoms with Crippen molar-refractivity contribution in [2.75, 3.05) is 25.1 Å². The van der Waals surface area contributed by atoms with Crippen molar-refractivity contribution in [2.45, 2.75) is 39.7 Å². The van der Waals surface area contributed by atoms with E-state index in [1.54, 1.807) is 18.2 Å². The van der Waals surface area contributed by atoms with Gasteiger partial charge in [-0.1, -0.05) is 12.1 Å². The molecule has 178 valence electrons. The highest BCUT2D eigenvalue weighted by Crippen LogP contribution is 2.28. The molecule has 0 bridgehead atoms. The first-order valence-corrected chi connectivity index (χ1v) is 11.7. The van der Waals surface area contributed by atoms with Gasteiger partial charge in [0, 0.05) is 36.0 Å². The van der Waals surface area contributed by atoms with Gasteiger partial charge < -0.3 is 24.7 Å². The van der Waals surface area contributed by atoms with Gasteiger partial charge in [-0.05, 0) is 57.0 Å². The Bertz CT molecular complexity index is 1130. The molecule has 0 saturated heterocycles. The van der Waals surface area contributed by atoms with Crippen LogP contribution in [0.2, 0.25) is 0 Å². The Morgan fingerprint density at radius 1 is 1.00 bits per heavy atom. The maximum atomic E-state index is 12.5. The first-order valence-electron chi connectivity index (χ1n) is 11.7. The highest BCUT2D eigenvalue weighted by molar-refractivity contribution is 5.99. The zero-order valence-electron chi connectivity index (χ0n) is 19.6. The molecule has 0 unspecified atom stereocenters. The molecule has 8 heteroatoms. The molecule has 8 nitrogen and oxygen atoms in total. The van der Waals surface area contributed by atoms with Crippen molar-refractivity contribution in [2.24, 2.45) is 0 Å². The summed E-state index contributed by atoms with van der Waals surface area (Å²) in [6.45, 7) is 5.57. The normalized spacial score (nSPS) is 12.5. The number of amides is 2. The third-order valence-corrected chi connectivity index (χ3v) is 5.59. The van der Waals surface area contributed by atoms with Crippen LogP contribution in [0.3, 0.4) is 0 Å². The number of hydrogen-bond acceptors (Lipinski definition) is 5. The van der Waals surface area contributed by atoms with Gasteiger partial charge in [0.05, 0.1) is 25.5 Å². The zero-order chi connectivity index (χ0) is 23.9. The van der Waals surface area contributed by atoms with Crippen molar-refractivity contribution in [3.63, 3.8) is 0 Å². The van der Waals surface area contributed by atoms with Gasteiger partial charge >= 0.3 is 0 Å². The number of ether oxygens (including phenoxy) is 2. The van der Waals surface area contributed by atoms with Crippen molar-refractivity contribution in [3.05, 3.63) is 60.0 Å². The second kappa shape index (κ2) is 10.9. The van der Waals surface area contributed by atoms with E-state index in [0.717, 1.165) is 30.0 Å². The van der Waals surface area contributed by atoms with Gasteiger partial charge in [0.1, 0.15) is 5.82 Å². The molecule has 34 heavy (non-hydrogen) atoms. The monoisotopic (exact) mass is 462 g/mol. The van der Waals surface area contributed by atoms with Gasteiger partial charge in [0.2, 0.25) is 5.91 Å². The predicted molar refractivity (Wildman–Crippen MR) is 130 cm³/mol. The van der Waals surface area contributed by atoms with Crippen LogP contribution in [0.25, 0.3) is 11.3 Å². The molecule has 1 aromatic heterocycles. The van der Waals surface area contributed by atoms with Crippen LogP contribution in [0, 0.1) is 0 Å². The minimum absolute atomic E-state index is 0.147. The Morgan fingerprint density at radius 2 is 1.76 bits per heavy atom. The molecular formula is C26H30N4O4. The van der Waals surface area contributed by atoms with Crippen molar-refractivity contribution in [1.82, 2.24) is 14.9 Å². The van der Waals surface area contributed by atoms with Crippen LogP contribution >= 0.6 is 0 Å². The number of carbonyl (C=O) groups excluding carboxylic acids is 2. The third-order valence-electron chi connectivity index (χ3n) is 5.59. The van der Waals surface area contributed by atoms with E-state index in [1.165, 1.54) is 12.8 Å². The molecule has 1 aliphatic rings. The molecule has 0 saturated carbocycles. The van der Waals surface area contributed by atoms with Gasteiger partial charge in [-0.2, -0.15) is 0 Å². The fourth-order valence-electron chi connectivity index (χ4n) is 3.94. The maximum absolute atomic E-state index is 12.5. The first-order chi connectivity index (χ1) is 16.6. The Labute approximate surface area is 199 Å². The molecule has 0 atom stereocenters. The standard InChI is InChI=1S/C26H30N4O4/c1-3-33-22-13-10-19(15-23(22)34-4-2)26(32)27-16-25(31)28-20-11-8-18(9-12-20)21-17-30-14-6-5-7-24(30)29-21/h8-13,15,17H,3-7,14,16H2,1-2H3,(H,27,32)(H,28,31). The highest BCUT2D eigenvalue weighted by Gasteiger charge is 2.14. The minimum Gasteiger partial charge on any atom is -0.490 e. The number of carbonyl (C=O) groups is 2. The Kier molecular flexibility index (Phi) is 7.47. The smallest absolute Gasteiger partial charge is 0.251 e. The Morgan fingerprint density at radius 3 is 2.50 bits per heavy atom. The molecule has 2 N–H and O–H groups in total. The lowest BCUT2D eigenvalue weighted by atomic mass is 10.1. The third kappa shape index (κ3) is 5.57. The Hall–Kier alpha value is -3.81. The van der Waals surface area contributed by atoms with Gasteiger partial charge in [-0.3, -0.25) is 9.59 Å². The summed E-state index contributed by atoms with van der Waals surface area (Å²) in [4.78, 5) is 29.6. The molecule has 0 radical (unpaired) electrons. The summed E-state index contributed by atoms with van der Waals surface area (Å²) in [5.74, 6) is 1.54. The first kappa shape index (κ1) is 23.4. The number of anilines is 1. The minimum atomic E-state index is -0.363. The number of rotatable bonds is 9. The quantitative estimate of drug-likeness (QED) is 0.500. The van der Waals surface area contributed by atoms with Crippen LogP contribution in [0.15, 0.2) is 48.7 Å².